The maximum atomic E-state index is 13.0. The van der Waals surface area contributed by atoms with Crippen molar-refractivity contribution >= 4 is 34.9 Å². The van der Waals surface area contributed by atoms with Crippen LogP contribution in [0.2, 0.25) is 5.02 Å². The number of rotatable bonds is 4. The first-order chi connectivity index (χ1) is 12.3. The Balaban J connectivity index is 1.70. The molecule has 3 rings (SSSR count). The van der Waals surface area contributed by atoms with Gasteiger partial charge in [-0.2, -0.15) is 13.2 Å². The summed E-state index contributed by atoms with van der Waals surface area (Å²) in [5, 5.41) is 10.7. The Morgan fingerprint density at radius 2 is 2.12 bits per heavy atom. The smallest absolute Gasteiger partial charge is 0.352 e. The van der Waals surface area contributed by atoms with Crippen molar-refractivity contribution in [3.8, 4) is 0 Å². The highest BCUT2D eigenvalue weighted by molar-refractivity contribution is 7.99. The van der Waals surface area contributed by atoms with Gasteiger partial charge in [0.05, 0.1) is 16.3 Å². The van der Waals surface area contributed by atoms with Gasteiger partial charge >= 0.3 is 6.18 Å². The predicted octanol–water partition coefficient (Wildman–Crippen LogP) is 4.19. The third-order valence-corrected chi connectivity index (χ3v) is 5.77. The highest BCUT2D eigenvalue weighted by Gasteiger charge is 2.32. The van der Waals surface area contributed by atoms with Crippen LogP contribution < -0.4 is 5.32 Å². The van der Waals surface area contributed by atoms with Crippen LogP contribution in [0.1, 0.15) is 38.2 Å². The Bertz CT molecular complexity index is 811. The van der Waals surface area contributed by atoms with Gasteiger partial charge in [-0.3, -0.25) is 9.20 Å². The van der Waals surface area contributed by atoms with Crippen LogP contribution in [-0.2, 0) is 11.0 Å². The van der Waals surface area contributed by atoms with Crippen LogP contribution in [0.4, 0.5) is 13.2 Å². The van der Waals surface area contributed by atoms with Gasteiger partial charge in [-0.1, -0.05) is 43.1 Å². The normalized spacial score (nSPS) is 21.1. The van der Waals surface area contributed by atoms with Crippen molar-refractivity contribution in [3.05, 3.63) is 22.8 Å². The number of pyridine rings is 1. The highest BCUT2D eigenvalue weighted by atomic mass is 35.5. The molecule has 0 aliphatic heterocycles. The van der Waals surface area contributed by atoms with Crippen molar-refractivity contribution in [2.75, 3.05) is 5.75 Å². The standard InChI is InChI=1S/C16H18ClF3N4OS/c1-9-4-2-3-5-12(9)21-13(25)8-26-15-23-22-14-11(17)6-10(7-24(14)15)16(18,19)20/h6-7,9,12H,2-5,8H2,1H3,(H,21,25)/t9-,12-/m1/s1. The van der Waals surface area contributed by atoms with Gasteiger partial charge in [0.2, 0.25) is 5.91 Å². The summed E-state index contributed by atoms with van der Waals surface area (Å²) in [6.45, 7) is 2.12. The van der Waals surface area contributed by atoms with Crippen LogP contribution in [-0.4, -0.2) is 32.3 Å². The fraction of sp³-hybridized carbons (Fsp3) is 0.562. The van der Waals surface area contributed by atoms with E-state index in [0.717, 1.165) is 43.3 Å². The van der Waals surface area contributed by atoms with E-state index in [2.05, 4.69) is 22.4 Å². The summed E-state index contributed by atoms with van der Waals surface area (Å²) < 4.78 is 40.1. The Kier molecular flexibility index (Phi) is 5.67. The molecule has 0 saturated heterocycles. The van der Waals surface area contributed by atoms with E-state index in [4.69, 9.17) is 11.6 Å². The van der Waals surface area contributed by atoms with E-state index in [1.165, 1.54) is 10.8 Å². The molecule has 2 aromatic rings. The Hall–Kier alpha value is -1.48. The van der Waals surface area contributed by atoms with Crippen molar-refractivity contribution < 1.29 is 18.0 Å². The Morgan fingerprint density at radius 1 is 1.38 bits per heavy atom. The summed E-state index contributed by atoms with van der Waals surface area (Å²) in [7, 11) is 0. The molecule has 26 heavy (non-hydrogen) atoms. The van der Waals surface area contributed by atoms with Gasteiger partial charge in [-0.15, -0.1) is 10.2 Å². The van der Waals surface area contributed by atoms with Gasteiger partial charge in [0.25, 0.3) is 0 Å². The van der Waals surface area contributed by atoms with E-state index in [1.54, 1.807) is 0 Å². The number of nitrogens with zero attached hydrogens (tertiary/aromatic N) is 3. The molecule has 1 N–H and O–H groups in total. The Labute approximate surface area is 157 Å². The molecule has 0 aromatic carbocycles. The van der Waals surface area contributed by atoms with E-state index < -0.39 is 11.7 Å². The number of aromatic nitrogens is 3. The molecule has 2 aromatic heterocycles. The molecular weight excluding hydrogens is 389 g/mol. The molecule has 1 saturated carbocycles. The number of thioether (sulfide) groups is 1. The fourth-order valence-electron chi connectivity index (χ4n) is 3.10. The molecule has 0 spiro atoms. The van der Waals surface area contributed by atoms with E-state index >= 15 is 0 Å². The minimum atomic E-state index is -4.53. The van der Waals surface area contributed by atoms with Gasteiger partial charge < -0.3 is 5.32 Å². The monoisotopic (exact) mass is 406 g/mol. The molecule has 0 bridgehead atoms. The largest absolute Gasteiger partial charge is 0.417 e. The second kappa shape index (κ2) is 7.64. The first-order valence-electron chi connectivity index (χ1n) is 8.29. The fourth-order valence-corrected chi connectivity index (χ4v) is 4.06. The van der Waals surface area contributed by atoms with Crippen LogP contribution in [0, 0.1) is 5.92 Å². The summed E-state index contributed by atoms with van der Waals surface area (Å²) in [6, 6.07) is 0.968. The number of alkyl halides is 3. The molecule has 0 unspecified atom stereocenters. The molecule has 1 amide bonds. The lowest BCUT2D eigenvalue weighted by atomic mass is 9.86. The SMILES string of the molecule is C[C@@H]1CCCC[C@H]1NC(=O)CSc1nnc2c(Cl)cc(C(F)(F)F)cn12. The maximum Gasteiger partial charge on any atom is 0.417 e. The van der Waals surface area contributed by atoms with Crippen molar-refractivity contribution in [2.45, 2.75) is 50.0 Å². The lowest BCUT2D eigenvalue weighted by molar-refractivity contribution is -0.137. The zero-order valence-corrected chi connectivity index (χ0v) is 15.6. The molecule has 1 fully saturated rings. The predicted molar refractivity (Wildman–Crippen MR) is 93.3 cm³/mol. The molecule has 1 aliphatic carbocycles. The average molecular weight is 407 g/mol. The second-order valence-electron chi connectivity index (χ2n) is 6.48. The first-order valence-corrected chi connectivity index (χ1v) is 9.65. The number of hydrogen-bond acceptors (Lipinski definition) is 4. The van der Waals surface area contributed by atoms with Crippen molar-refractivity contribution in [3.63, 3.8) is 0 Å². The minimum absolute atomic E-state index is 0.0535. The van der Waals surface area contributed by atoms with Gasteiger partial charge in [0.15, 0.2) is 10.8 Å². The van der Waals surface area contributed by atoms with Crippen molar-refractivity contribution in [1.82, 2.24) is 19.9 Å². The van der Waals surface area contributed by atoms with Gasteiger partial charge in [0, 0.05) is 12.2 Å². The van der Waals surface area contributed by atoms with Crippen LogP contribution in [0.5, 0.6) is 0 Å². The summed E-state index contributed by atoms with van der Waals surface area (Å²) >= 11 is 6.91. The third kappa shape index (κ3) is 4.25. The summed E-state index contributed by atoms with van der Waals surface area (Å²) in [5.41, 5.74) is -0.763. The molecule has 2 atom stereocenters. The maximum absolute atomic E-state index is 13.0. The zero-order valence-electron chi connectivity index (χ0n) is 14.0. The van der Waals surface area contributed by atoms with Crippen molar-refractivity contribution in [1.29, 1.82) is 0 Å². The summed E-state index contributed by atoms with van der Waals surface area (Å²) in [6.07, 6.45) is 0.678. The number of carbonyl (C=O) groups excluding carboxylic acids is 1. The molecule has 142 valence electrons. The van der Waals surface area contributed by atoms with Crippen LogP contribution >= 0.6 is 23.4 Å². The molecular formula is C16H18ClF3N4OS. The van der Waals surface area contributed by atoms with E-state index in [9.17, 15) is 18.0 Å². The van der Waals surface area contributed by atoms with Gasteiger partial charge in [0.1, 0.15) is 0 Å². The Morgan fingerprint density at radius 3 is 2.81 bits per heavy atom. The zero-order chi connectivity index (χ0) is 18.9. The lowest BCUT2D eigenvalue weighted by Gasteiger charge is -2.29. The molecule has 5 nitrogen and oxygen atoms in total. The van der Waals surface area contributed by atoms with Crippen LogP contribution in [0.15, 0.2) is 17.4 Å². The van der Waals surface area contributed by atoms with E-state index in [1.807, 2.05) is 0 Å². The number of amides is 1. The highest BCUT2D eigenvalue weighted by Crippen LogP contribution is 2.33. The molecule has 10 heteroatoms. The molecule has 1 aliphatic rings. The first kappa shape index (κ1) is 19.3. The van der Waals surface area contributed by atoms with E-state index in [-0.39, 0.29) is 33.5 Å². The number of hydrogen-bond donors (Lipinski definition) is 1. The number of halogens is 4. The number of nitrogens with one attached hydrogen (secondary N) is 1. The van der Waals surface area contributed by atoms with Gasteiger partial charge in [-0.25, -0.2) is 0 Å². The summed E-state index contributed by atoms with van der Waals surface area (Å²) in [5.74, 6) is 0.320. The third-order valence-electron chi connectivity index (χ3n) is 4.55. The van der Waals surface area contributed by atoms with E-state index in [0.29, 0.717) is 5.92 Å². The van der Waals surface area contributed by atoms with Crippen molar-refractivity contribution in [2.24, 2.45) is 5.92 Å². The van der Waals surface area contributed by atoms with Crippen LogP contribution in [0.3, 0.4) is 0 Å². The summed E-state index contributed by atoms with van der Waals surface area (Å²) in [4.78, 5) is 12.2. The minimum Gasteiger partial charge on any atom is -0.352 e. The average Bonchev–Trinajstić information content (AvgIpc) is 2.98. The number of fused-ring (bicyclic) bond motifs is 1. The quantitative estimate of drug-likeness (QED) is 0.773. The molecule has 0 radical (unpaired) electrons. The van der Waals surface area contributed by atoms with Crippen LogP contribution in [0.25, 0.3) is 5.65 Å². The van der Waals surface area contributed by atoms with Gasteiger partial charge in [-0.05, 0) is 24.8 Å². The molecule has 2 heterocycles. The lowest BCUT2D eigenvalue weighted by Crippen LogP contribution is -2.41. The topological polar surface area (TPSA) is 59.3 Å². The number of carbonyl (C=O) groups is 1. The second-order valence-corrected chi connectivity index (χ2v) is 7.82.